The molecule has 0 amide bonds. The fraction of sp³-hybridized carbons (Fsp3) is 0.0769. The van der Waals surface area contributed by atoms with Crippen molar-refractivity contribution in [3.8, 4) is 0 Å². The van der Waals surface area contributed by atoms with Crippen LogP contribution < -0.4 is 10.5 Å². The highest BCUT2D eigenvalue weighted by atomic mass is 79.9. The van der Waals surface area contributed by atoms with Crippen LogP contribution in [0.1, 0.15) is 5.56 Å². The van der Waals surface area contributed by atoms with E-state index in [1.165, 1.54) is 12.1 Å². The van der Waals surface area contributed by atoms with Gasteiger partial charge in [0.25, 0.3) is 10.0 Å². The largest absolute Gasteiger partial charge is 0.398 e. The SMILES string of the molecule is Cc1cc(Br)c(NS(=O)(=O)c2ccc(Br)cc2Cl)cc1N. The Bertz CT molecular complexity index is 810. The van der Waals surface area contributed by atoms with Crippen LogP contribution in [0.2, 0.25) is 5.02 Å². The lowest BCUT2D eigenvalue weighted by Crippen LogP contribution is -2.14. The quantitative estimate of drug-likeness (QED) is 0.668. The van der Waals surface area contributed by atoms with Crippen LogP contribution in [0.3, 0.4) is 0 Å². The molecule has 0 aromatic heterocycles. The van der Waals surface area contributed by atoms with E-state index in [9.17, 15) is 8.42 Å². The number of hydrogen-bond donors (Lipinski definition) is 2. The van der Waals surface area contributed by atoms with Gasteiger partial charge in [0.05, 0.1) is 10.7 Å². The molecule has 0 atom stereocenters. The number of halogens is 3. The molecule has 0 spiro atoms. The Balaban J connectivity index is 2.45. The third-order valence-electron chi connectivity index (χ3n) is 2.78. The maximum Gasteiger partial charge on any atom is 0.263 e. The predicted octanol–water partition coefficient (Wildman–Crippen LogP) is 4.56. The summed E-state index contributed by atoms with van der Waals surface area (Å²) < 4.78 is 28.6. The fourth-order valence-corrected chi connectivity index (χ4v) is 4.46. The number of sulfonamides is 1. The number of nitrogens with one attached hydrogen (secondary N) is 1. The molecule has 0 bridgehead atoms. The second-order valence-corrected chi connectivity index (χ2v) is 8.20. The number of aryl methyl sites for hydroxylation is 1. The first-order valence-electron chi connectivity index (χ1n) is 5.74. The molecule has 0 unspecified atom stereocenters. The van der Waals surface area contributed by atoms with E-state index in [4.69, 9.17) is 17.3 Å². The fourth-order valence-electron chi connectivity index (χ4n) is 1.66. The van der Waals surface area contributed by atoms with Gasteiger partial charge in [0.2, 0.25) is 0 Å². The van der Waals surface area contributed by atoms with E-state index in [0.717, 1.165) is 5.56 Å². The van der Waals surface area contributed by atoms with Gasteiger partial charge in [-0.2, -0.15) is 0 Å². The number of anilines is 2. The highest BCUT2D eigenvalue weighted by Gasteiger charge is 2.19. The molecule has 0 saturated heterocycles. The van der Waals surface area contributed by atoms with Gasteiger partial charge in [-0.05, 0) is 58.7 Å². The standard InChI is InChI=1S/C13H11Br2ClN2O2S/c1-7-4-9(15)12(6-11(7)17)18-21(19,20)13-3-2-8(14)5-10(13)16/h2-6,18H,17H2,1H3. The van der Waals surface area contributed by atoms with Gasteiger partial charge in [-0.15, -0.1) is 0 Å². The predicted molar refractivity (Wildman–Crippen MR) is 93.3 cm³/mol. The molecule has 0 radical (unpaired) electrons. The molecule has 0 aliphatic carbocycles. The summed E-state index contributed by atoms with van der Waals surface area (Å²) in [5, 5.41) is 0.132. The second-order valence-electron chi connectivity index (χ2n) is 4.37. The summed E-state index contributed by atoms with van der Waals surface area (Å²) >= 11 is 12.5. The molecule has 2 aromatic rings. The third-order valence-corrected chi connectivity index (χ3v) is 5.78. The van der Waals surface area contributed by atoms with E-state index in [0.29, 0.717) is 20.3 Å². The molecule has 2 aromatic carbocycles. The molecule has 112 valence electrons. The van der Waals surface area contributed by atoms with Crippen molar-refractivity contribution in [1.29, 1.82) is 0 Å². The van der Waals surface area contributed by atoms with Gasteiger partial charge in [0, 0.05) is 14.6 Å². The van der Waals surface area contributed by atoms with Crippen LogP contribution >= 0.6 is 43.5 Å². The number of rotatable bonds is 3. The minimum absolute atomic E-state index is 0.00147. The Kier molecular flexibility index (Phi) is 4.87. The number of nitrogens with two attached hydrogens (primary N) is 1. The molecule has 0 aliphatic heterocycles. The third kappa shape index (κ3) is 3.71. The van der Waals surface area contributed by atoms with Gasteiger partial charge in [-0.1, -0.05) is 27.5 Å². The van der Waals surface area contributed by atoms with Crippen molar-refractivity contribution in [3.63, 3.8) is 0 Å². The molecular formula is C13H11Br2ClN2O2S. The average molecular weight is 455 g/mol. The highest BCUT2D eigenvalue weighted by molar-refractivity contribution is 9.10. The van der Waals surface area contributed by atoms with E-state index in [-0.39, 0.29) is 9.92 Å². The smallest absolute Gasteiger partial charge is 0.263 e. The van der Waals surface area contributed by atoms with Crippen molar-refractivity contribution in [1.82, 2.24) is 0 Å². The van der Waals surface area contributed by atoms with Crippen LogP contribution in [0.5, 0.6) is 0 Å². The van der Waals surface area contributed by atoms with Gasteiger partial charge < -0.3 is 5.73 Å². The molecule has 21 heavy (non-hydrogen) atoms. The van der Waals surface area contributed by atoms with Crippen LogP contribution in [0.4, 0.5) is 11.4 Å². The van der Waals surface area contributed by atoms with Crippen molar-refractivity contribution in [3.05, 3.63) is 49.9 Å². The number of nitrogen functional groups attached to an aromatic ring is 1. The van der Waals surface area contributed by atoms with Gasteiger partial charge in [0.1, 0.15) is 4.90 Å². The molecule has 0 aliphatic rings. The van der Waals surface area contributed by atoms with Crippen LogP contribution in [0.15, 0.2) is 44.2 Å². The number of hydrogen-bond acceptors (Lipinski definition) is 3. The Labute approximate surface area is 145 Å². The zero-order valence-corrected chi connectivity index (χ0v) is 15.6. The zero-order chi connectivity index (χ0) is 15.8. The molecule has 8 heteroatoms. The van der Waals surface area contributed by atoms with Gasteiger partial charge in [0.15, 0.2) is 0 Å². The first kappa shape index (κ1) is 16.6. The molecule has 0 fully saturated rings. The van der Waals surface area contributed by atoms with Crippen LogP contribution in [0.25, 0.3) is 0 Å². The summed E-state index contributed by atoms with van der Waals surface area (Å²) in [5.41, 5.74) is 7.52. The van der Waals surface area contributed by atoms with E-state index in [1.54, 1.807) is 18.2 Å². The van der Waals surface area contributed by atoms with E-state index in [2.05, 4.69) is 36.6 Å². The Morgan fingerprint density at radius 3 is 2.48 bits per heavy atom. The van der Waals surface area contributed by atoms with Crippen LogP contribution in [0, 0.1) is 6.92 Å². The van der Waals surface area contributed by atoms with E-state index < -0.39 is 10.0 Å². The minimum Gasteiger partial charge on any atom is -0.398 e. The van der Waals surface area contributed by atoms with Gasteiger partial charge in [-0.3, -0.25) is 4.72 Å². The maximum absolute atomic E-state index is 12.4. The summed E-state index contributed by atoms with van der Waals surface area (Å²) in [7, 11) is -3.80. The molecular weight excluding hydrogens is 443 g/mol. The minimum atomic E-state index is -3.80. The first-order valence-corrected chi connectivity index (χ1v) is 9.19. The lowest BCUT2D eigenvalue weighted by Gasteiger charge is -2.13. The van der Waals surface area contributed by atoms with Crippen molar-refractivity contribution >= 4 is 64.9 Å². The summed E-state index contributed by atoms with van der Waals surface area (Å²) in [5.74, 6) is 0. The van der Waals surface area contributed by atoms with Crippen molar-refractivity contribution in [2.24, 2.45) is 0 Å². The maximum atomic E-state index is 12.4. The second kappa shape index (κ2) is 6.16. The summed E-state index contributed by atoms with van der Waals surface area (Å²) in [6, 6.07) is 7.87. The lowest BCUT2D eigenvalue weighted by atomic mass is 10.2. The monoisotopic (exact) mass is 452 g/mol. The van der Waals surface area contributed by atoms with Gasteiger partial charge in [-0.25, -0.2) is 8.42 Å². The topological polar surface area (TPSA) is 72.2 Å². The van der Waals surface area contributed by atoms with Crippen LogP contribution in [-0.2, 0) is 10.0 Å². The highest BCUT2D eigenvalue weighted by Crippen LogP contribution is 2.32. The Hall–Kier alpha value is -0.760. The summed E-state index contributed by atoms with van der Waals surface area (Å²) in [6.07, 6.45) is 0. The first-order chi connectivity index (χ1) is 9.70. The average Bonchev–Trinajstić information content (AvgIpc) is 2.35. The van der Waals surface area contributed by atoms with Crippen LogP contribution in [-0.4, -0.2) is 8.42 Å². The number of benzene rings is 2. The molecule has 3 N–H and O–H groups in total. The Morgan fingerprint density at radius 2 is 1.86 bits per heavy atom. The van der Waals surface area contributed by atoms with Crippen molar-refractivity contribution in [2.45, 2.75) is 11.8 Å². The molecule has 0 saturated carbocycles. The van der Waals surface area contributed by atoms with E-state index in [1.807, 2.05) is 6.92 Å². The zero-order valence-electron chi connectivity index (χ0n) is 10.8. The van der Waals surface area contributed by atoms with E-state index >= 15 is 0 Å². The normalized spacial score (nSPS) is 11.4. The summed E-state index contributed by atoms with van der Waals surface area (Å²) in [4.78, 5) is -0.00147. The molecule has 2 rings (SSSR count). The van der Waals surface area contributed by atoms with Crippen molar-refractivity contribution < 1.29 is 8.42 Å². The Morgan fingerprint density at radius 1 is 1.19 bits per heavy atom. The molecule has 4 nitrogen and oxygen atoms in total. The van der Waals surface area contributed by atoms with Crippen molar-refractivity contribution in [2.75, 3.05) is 10.5 Å². The van der Waals surface area contributed by atoms with Gasteiger partial charge >= 0.3 is 0 Å². The lowest BCUT2D eigenvalue weighted by molar-refractivity contribution is 0.601. The molecule has 0 heterocycles. The summed E-state index contributed by atoms with van der Waals surface area (Å²) in [6.45, 7) is 1.84.